The van der Waals surface area contributed by atoms with Crippen LogP contribution in [0.1, 0.15) is 5.69 Å². The minimum Gasteiger partial charge on any atom is -0.390 e. The van der Waals surface area contributed by atoms with Gasteiger partial charge in [0.05, 0.1) is 12.3 Å². The van der Waals surface area contributed by atoms with Crippen LogP contribution in [-0.2, 0) is 6.61 Å². The van der Waals surface area contributed by atoms with Gasteiger partial charge >= 0.3 is 0 Å². The van der Waals surface area contributed by atoms with Crippen molar-refractivity contribution in [3.63, 3.8) is 0 Å². The highest BCUT2D eigenvalue weighted by Crippen LogP contribution is 2.01. The summed E-state index contributed by atoms with van der Waals surface area (Å²) in [5.41, 5.74) is 0.801. The fourth-order valence-corrected chi connectivity index (χ4v) is 1.06. The molecule has 0 saturated carbocycles. The summed E-state index contributed by atoms with van der Waals surface area (Å²) in [5, 5.41) is 16.3. The molecule has 0 atom stereocenters. The van der Waals surface area contributed by atoms with Gasteiger partial charge in [-0.25, -0.2) is 4.68 Å². The van der Waals surface area contributed by atoms with Gasteiger partial charge in [-0.15, -0.1) is 10.2 Å². The van der Waals surface area contributed by atoms with Gasteiger partial charge < -0.3 is 5.11 Å². The smallest absolute Gasteiger partial charge is 0.139 e. The Morgan fingerprint density at radius 3 is 2.75 bits per heavy atom. The summed E-state index contributed by atoms with van der Waals surface area (Å²) in [4.78, 5) is 0. The average molecular weight is 164 g/mol. The molecule has 0 bridgehead atoms. The van der Waals surface area contributed by atoms with Crippen LogP contribution in [-0.4, -0.2) is 24.7 Å². The van der Waals surface area contributed by atoms with Gasteiger partial charge in [0.15, 0.2) is 0 Å². The van der Waals surface area contributed by atoms with Crippen molar-refractivity contribution in [2.75, 3.05) is 0 Å². The van der Waals surface area contributed by atoms with E-state index in [1.165, 1.54) is 0 Å². The number of aliphatic hydroxyl groups is 1. The van der Waals surface area contributed by atoms with Gasteiger partial charge in [-0.2, -0.15) is 0 Å². The average Bonchev–Trinajstić information content (AvgIpc) is 2.74. The Hall–Kier alpha value is -1.62. The van der Waals surface area contributed by atoms with E-state index in [0.29, 0.717) is 0 Å². The van der Waals surface area contributed by atoms with Crippen molar-refractivity contribution >= 4 is 0 Å². The Morgan fingerprint density at radius 1 is 1.33 bits per heavy atom. The standard InChI is InChI=1S/C7H8N4O/c12-4-7-2-1-3-11(7)10-5-8-9-6-10/h1-3,5-6,12H,4H2. The molecule has 1 N–H and O–H groups in total. The molecular formula is C7H8N4O. The molecule has 0 radical (unpaired) electrons. The van der Waals surface area contributed by atoms with Crippen molar-refractivity contribution in [1.29, 1.82) is 0 Å². The van der Waals surface area contributed by atoms with Crippen LogP contribution in [0.5, 0.6) is 0 Å². The predicted molar refractivity (Wildman–Crippen MR) is 41.2 cm³/mol. The molecule has 0 aromatic carbocycles. The maximum atomic E-state index is 8.93. The number of nitrogens with zero attached hydrogens (tertiary/aromatic N) is 4. The first kappa shape index (κ1) is 7.05. The van der Waals surface area contributed by atoms with Crippen molar-refractivity contribution in [2.24, 2.45) is 0 Å². The topological polar surface area (TPSA) is 55.9 Å². The van der Waals surface area contributed by atoms with Crippen LogP contribution in [0.4, 0.5) is 0 Å². The molecule has 2 aromatic rings. The van der Waals surface area contributed by atoms with Gasteiger partial charge in [-0.3, -0.25) is 4.68 Å². The fraction of sp³-hybridized carbons (Fsp3) is 0.143. The first-order valence-electron chi connectivity index (χ1n) is 3.54. The fourth-order valence-electron chi connectivity index (χ4n) is 1.06. The van der Waals surface area contributed by atoms with Crippen molar-refractivity contribution in [3.05, 3.63) is 36.7 Å². The van der Waals surface area contributed by atoms with Crippen molar-refractivity contribution in [2.45, 2.75) is 6.61 Å². The molecule has 0 fully saturated rings. The van der Waals surface area contributed by atoms with Crippen molar-refractivity contribution in [3.8, 4) is 0 Å². The third-order valence-electron chi connectivity index (χ3n) is 1.63. The van der Waals surface area contributed by atoms with E-state index in [2.05, 4.69) is 10.2 Å². The van der Waals surface area contributed by atoms with Gasteiger partial charge in [-0.1, -0.05) is 0 Å². The lowest BCUT2D eigenvalue weighted by molar-refractivity contribution is 0.268. The number of aliphatic hydroxyl groups excluding tert-OH is 1. The normalized spacial score (nSPS) is 10.4. The Kier molecular flexibility index (Phi) is 1.64. The van der Waals surface area contributed by atoms with Crippen molar-refractivity contribution < 1.29 is 5.11 Å². The second-order valence-electron chi connectivity index (χ2n) is 2.34. The molecule has 2 heterocycles. The number of aromatic nitrogens is 4. The minimum absolute atomic E-state index is 0.00514. The molecule has 0 saturated heterocycles. The molecule has 0 aliphatic carbocycles. The third-order valence-corrected chi connectivity index (χ3v) is 1.63. The molecular weight excluding hydrogens is 156 g/mol. The molecule has 12 heavy (non-hydrogen) atoms. The maximum Gasteiger partial charge on any atom is 0.139 e. The van der Waals surface area contributed by atoms with Crippen molar-refractivity contribution in [1.82, 2.24) is 19.5 Å². The quantitative estimate of drug-likeness (QED) is 0.673. The highest BCUT2D eigenvalue weighted by Gasteiger charge is 1.99. The lowest BCUT2D eigenvalue weighted by atomic mass is 10.5. The minimum atomic E-state index is 0.00514. The second kappa shape index (κ2) is 2.78. The molecule has 0 aliphatic rings. The lowest BCUT2D eigenvalue weighted by Crippen LogP contribution is -2.08. The first-order chi connectivity index (χ1) is 5.92. The maximum absolute atomic E-state index is 8.93. The molecule has 2 aromatic heterocycles. The summed E-state index contributed by atoms with van der Waals surface area (Å²) in [6.07, 6.45) is 4.97. The largest absolute Gasteiger partial charge is 0.390 e. The summed E-state index contributed by atoms with van der Waals surface area (Å²) in [7, 11) is 0. The summed E-state index contributed by atoms with van der Waals surface area (Å²) < 4.78 is 3.45. The Morgan fingerprint density at radius 2 is 2.08 bits per heavy atom. The number of rotatable bonds is 2. The van der Waals surface area contributed by atoms with E-state index in [1.54, 1.807) is 22.0 Å². The van der Waals surface area contributed by atoms with Crippen LogP contribution >= 0.6 is 0 Å². The van der Waals surface area contributed by atoms with Crippen LogP contribution < -0.4 is 0 Å². The monoisotopic (exact) mass is 164 g/mol. The molecule has 0 unspecified atom stereocenters. The molecule has 0 aliphatic heterocycles. The van der Waals surface area contributed by atoms with E-state index < -0.39 is 0 Å². The molecule has 0 amide bonds. The SMILES string of the molecule is OCc1cccn1-n1cnnc1. The van der Waals surface area contributed by atoms with Crippen LogP contribution in [0.2, 0.25) is 0 Å². The van der Waals surface area contributed by atoms with Crippen LogP contribution in [0.3, 0.4) is 0 Å². The summed E-state index contributed by atoms with van der Waals surface area (Å²) in [6.45, 7) is 0.00514. The van der Waals surface area contributed by atoms with E-state index in [1.807, 2.05) is 18.3 Å². The Bertz CT molecular complexity index is 351. The van der Waals surface area contributed by atoms with Crippen LogP contribution in [0.25, 0.3) is 0 Å². The summed E-state index contributed by atoms with van der Waals surface area (Å²) in [6, 6.07) is 3.69. The molecule has 62 valence electrons. The molecule has 5 nitrogen and oxygen atoms in total. The zero-order chi connectivity index (χ0) is 8.39. The summed E-state index contributed by atoms with van der Waals surface area (Å²) in [5.74, 6) is 0. The van der Waals surface area contributed by atoms with E-state index in [-0.39, 0.29) is 6.61 Å². The zero-order valence-electron chi connectivity index (χ0n) is 6.33. The second-order valence-corrected chi connectivity index (χ2v) is 2.34. The Labute approximate surface area is 68.9 Å². The van der Waals surface area contributed by atoms with Gasteiger partial charge in [0.2, 0.25) is 0 Å². The van der Waals surface area contributed by atoms with Gasteiger partial charge in [0.1, 0.15) is 12.7 Å². The van der Waals surface area contributed by atoms with Crippen LogP contribution in [0, 0.1) is 0 Å². The molecule has 0 spiro atoms. The van der Waals surface area contributed by atoms with E-state index in [4.69, 9.17) is 5.11 Å². The van der Waals surface area contributed by atoms with Gasteiger partial charge in [-0.05, 0) is 12.1 Å². The van der Waals surface area contributed by atoms with E-state index in [9.17, 15) is 0 Å². The molecule has 5 heteroatoms. The lowest BCUT2D eigenvalue weighted by Gasteiger charge is -2.05. The Balaban J connectivity index is 2.46. The van der Waals surface area contributed by atoms with Crippen LogP contribution in [0.15, 0.2) is 31.0 Å². The first-order valence-corrected chi connectivity index (χ1v) is 3.54. The zero-order valence-corrected chi connectivity index (χ0v) is 6.33. The predicted octanol–water partition coefficient (Wildman–Crippen LogP) is -0.117. The van der Waals surface area contributed by atoms with E-state index >= 15 is 0 Å². The third kappa shape index (κ3) is 0.998. The highest BCUT2D eigenvalue weighted by molar-refractivity contribution is 5.06. The van der Waals surface area contributed by atoms with E-state index in [0.717, 1.165) is 5.69 Å². The van der Waals surface area contributed by atoms with Gasteiger partial charge in [0.25, 0.3) is 0 Å². The number of hydrogen-bond donors (Lipinski definition) is 1. The molecule has 2 rings (SSSR count). The highest BCUT2D eigenvalue weighted by atomic mass is 16.3. The summed E-state index contributed by atoms with van der Waals surface area (Å²) >= 11 is 0. The van der Waals surface area contributed by atoms with Gasteiger partial charge in [0, 0.05) is 6.20 Å². The number of hydrogen-bond acceptors (Lipinski definition) is 3.